The third-order valence-corrected chi connectivity index (χ3v) is 2.95. The molecule has 0 aromatic heterocycles. The van der Waals surface area contributed by atoms with Crippen LogP contribution in [0.2, 0.25) is 0 Å². The maximum Gasteiger partial charge on any atom is 0.573 e. The van der Waals surface area contributed by atoms with Crippen molar-refractivity contribution in [2.45, 2.75) is 25.9 Å². The Morgan fingerprint density at radius 2 is 0.926 bits per heavy atom. The number of ether oxygens (including phenoxy) is 2. The average Bonchev–Trinajstić information content (AvgIpc) is 2.55. The lowest BCUT2D eigenvalue weighted by Crippen LogP contribution is -2.17. The van der Waals surface area contributed by atoms with Crippen LogP contribution in [0.15, 0.2) is 48.5 Å². The molecule has 11 heteroatoms. The molecule has 27 heavy (non-hydrogen) atoms. The molecule has 0 heterocycles. The standard InChI is InChI=1S/C16H12BF6O4/c18-15(19,20)26-13-5-1-11(2-6-13)9-24-17-25-10-12-3-7-14(8-4-12)27-16(21,22)23/h1-8H,9-10H2. The van der Waals surface area contributed by atoms with Gasteiger partial charge in [-0.2, -0.15) is 0 Å². The molecule has 0 saturated carbocycles. The highest BCUT2D eigenvalue weighted by Crippen LogP contribution is 2.24. The summed E-state index contributed by atoms with van der Waals surface area (Å²) in [5.41, 5.74) is 1.16. The van der Waals surface area contributed by atoms with Crippen molar-refractivity contribution in [2.24, 2.45) is 0 Å². The Kier molecular flexibility index (Phi) is 6.97. The van der Waals surface area contributed by atoms with E-state index in [1.165, 1.54) is 24.3 Å². The Labute approximate surface area is 150 Å². The molecule has 0 bridgehead atoms. The highest BCUT2D eigenvalue weighted by atomic mass is 19.4. The van der Waals surface area contributed by atoms with Crippen LogP contribution in [0.25, 0.3) is 0 Å². The second-order valence-electron chi connectivity index (χ2n) is 5.10. The third-order valence-electron chi connectivity index (χ3n) is 2.95. The summed E-state index contributed by atoms with van der Waals surface area (Å²) in [5.74, 6) is -0.686. The van der Waals surface area contributed by atoms with E-state index in [-0.39, 0.29) is 24.7 Å². The fourth-order valence-corrected chi connectivity index (χ4v) is 1.88. The summed E-state index contributed by atoms with van der Waals surface area (Å²) >= 11 is 0. The van der Waals surface area contributed by atoms with Gasteiger partial charge < -0.3 is 18.8 Å². The summed E-state index contributed by atoms with van der Waals surface area (Å²) in [7, 11) is 1.03. The van der Waals surface area contributed by atoms with E-state index < -0.39 is 12.7 Å². The molecule has 0 N–H and O–H groups in total. The minimum atomic E-state index is -4.75. The van der Waals surface area contributed by atoms with Gasteiger partial charge in [0.1, 0.15) is 11.5 Å². The first kappa shape index (κ1) is 20.9. The van der Waals surface area contributed by atoms with Crippen LogP contribution in [0.5, 0.6) is 11.5 Å². The van der Waals surface area contributed by atoms with E-state index in [4.69, 9.17) is 9.31 Å². The Balaban J connectivity index is 1.67. The number of alkyl halides is 6. The SMILES string of the molecule is FC(F)(F)Oc1ccc(CO[B]OCc2ccc(OC(F)(F)F)cc2)cc1. The first-order valence-corrected chi connectivity index (χ1v) is 7.35. The van der Waals surface area contributed by atoms with Crippen molar-refractivity contribution >= 4 is 7.69 Å². The maximum atomic E-state index is 12.0. The van der Waals surface area contributed by atoms with Gasteiger partial charge in [-0.05, 0) is 35.4 Å². The predicted molar refractivity (Wildman–Crippen MR) is 81.6 cm³/mol. The van der Waals surface area contributed by atoms with E-state index in [1.54, 1.807) is 0 Å². The molecule has 2 aromatic carbocycles. The van der Waals surface area contributed by atoms with Crippen LogP contribution in [0.4, 0.5) is 26.3 Å². The Bertz CT molecular complexity index is 639. The Hall–Kier alpha value is -2.40. The van der Waals surface area contributed by atoms with Crippen molar-refractivity contribution in [3.63, 3.8) is 0 Å². The van der Waals surface area contributed by atoms with Crippen LogP contribution in [0.3, 0.4) is 0 Å². The summed E-state index contributed by atoms with van der Waals surface area (Å²) in [4.78, 5) is 0. The molecule has 0 spiro atoms. The van der Waals surface area contributed by atoms with E-state index >= 15 is 0 Å². The molecular formula is C16H12BF6O4. The molecule has 0 saturated heterocycles. The van der Waals surface area contributed by atoms with Gasteiger partial charge in [0.15, 0.2) is 0 Å². The van der Waals surface area contributed by atoms with Gasteiger partial charge in [0, 0.05) is 0 Å². The van der Waals surface area contributed by atoms with Gasteiger partial charge >= 0.3 is 20.4 Å². The molecule has 0 atom stereocenters. The Morgan fingerprint density at radius 1 is 0.593 bits per heavy atom. The van der Waals surface area contributed by atoms with Gasteiger partial charge in [0.2, 0.25) is 0 Å². The van der Waals surface area contributed by atoms with Gasteiger partial charge in [-0.15, -0.1) is 26.3 Å². The summed E-state index contributed by atoms with van der Waals surface area (Å²) in [6.07, 6.45) is -9.51. The lowest BCUT2D eigenvalue weighted by Gasteiger charge is -2.10. The highest BCUT2D eigenvalue weighted by Gasteiger charge is 2.31. The van der Waals surface area contributed by atoms with E-state index in [9.17, 15) is 26.3 Å². The van der Waals surface area contributed by atoms with Gasteiger partial charge in [-0.3, -0.25) is 0 Å². The lowest BCUT2D eigenvalue weighted by atomic mass is 10.2. The van der Waals surface area contributed by atoms with Crippen molar-refractivity contribution in [2.75, 3.05) is 0 Å². The van der Waals surface area contributed by atoms with Crippen LogP contribution < -0.4 is 9.47 Å². The molecule has 2 aromatic rings. The second-order valence-corrected chi connectivity index (χ2v) is 5.10. The fourth-order valence-electron chi connectivity index (χ4n) is 1.88. The zero-order valence-corrected chi connectivity index (χ0v) is 13.5. The number of halogens is 6. The summed E-state index contributed by atoms with van der Waals surface area (Å²) < 4.78 is 89.9. The number of rotatable bonds is 8. The predicted octanol–water partition coefficient (Wildman–Crippen LogP) is 4.75. The van der Waals surface area contributed by atoms with Crippen molar-refractivity contribution in [1.29, 1.82) is 0 Å². The molecule has 4 nitrogen and oxygen atoms in total. The van der Waals surface area contributed by atoms with Crippen molar-refractivity contribution in [3.05, 3.63) is 59.7 Å². The minimum absolute atomic E-state index is 0.0463. The summed E-state index contributed by atoms with van der Waals surface area (Å²) in [5, 5.41) is 0. The number of hydrogen-bond acceptors (Lipinski definition) is 4. The number of hydrogen-bond donors (Lipinski definition) is 0. The zero-order chi connectivity index (χ0) is 19.9. The normalized spacial score (nSPS) is 11.9. The second kappa shape index (κ2) is 9.00. The average molecular weight is 393 g/mol. The van der Waals surface area contributed by atoms with Gasteiger partial charge in [0.05, 0.1) is 13.2 Å². The fraction of sp³-hybridized carbons (Fsp3) is 0.250. The van der Waals surface area contributed by atoms with Crippen molar-refractivity contribution < 1.29 is 45.1 Å². The highest BCUT2D eigenvalue weighted by molar-refractivity contribution is 6.17. The molecule has 1 radical (unpaired) electrons. The van der Waals surface area contributed by atoms with Crippen LogP contribution >= 0.6 is 0 Å². The topological polar surface area (TPSA) is 36.9 Å². The molecule has 0 aliphatic carbocycles. The van der Waals surface area contributed by atoms with Crippen molar-refractivity contribution in [1.82, 2.24) is 0 Å². The molecule has 0 aliphatic rings. The van der Waals surface area contributed by atoms with Crippen molar-refractivity contribution in [3.8, 4) is 11.5 Å². The van der Waals surface area contributed by atoms with Gasteiger partial charge in [0.25, 0.3) is 0 Å². The first-order chi connectivity index (χ1) is 12.6. The lowest BCUT2D eigenvalue weighted by molar-refractivity contribution is -0.275. The quantitative estimate of drug-likeness (QED) is 0.369. The van der Waals surface area contributed by atoms with Gasteiger partial charge in [-0.1, -0.05) is 24.3 Å². The zero-order valence-electron chi connectivity index (χ0n) is 13.5. The van der Waals surface area contributed by atoms with Crippen LogP contribution in [-0.4, -0.2) is 20.4 Å². The third kappa shape index (κ3) is 8.69. The van der Waals surface area contributed by atoms with Crippen LogP contribution in [0.1, 0.15) is 11.1 Å². The van der Waals surface area contributed by atoms with Crippen LogP contribution in [0, 0.1) is 0 Å². The van der Waals surface area contributed by atoms with E-state index in [0.29, 0.717) is 11.1 Å². The van der Waals surface area contributed by atoms with E-state index in [0.717, 1.165) is 32.0 Å². The largest absolute Gasteiger partial charge is 0.573 e. The molecule has 2 rings (SSSR count). The summed E-state index contributed by atoms with van der Waals surface area (Å²) in [6.45, 7) is 0.0926. The maximum absolute atomic E-state index is 12.0. The van der Waals surface area contributed by atoms with E-state index in [1.807, 2.05) is 0 Å². The Morgan fingerprint density at radius 3 is 1.22 bits per heavy atom. The first-order valence-electron chi connectivity index (χ1n) is 7.35. The summed E-state index contributed by atoms with van der Waals surface area (Å²) in [6, 6.07) is 10.2. The van der Waals surface area contributed by atoms with Crippen LogP contribution in [-0.2, 0) is 22.5 Å². The molecule has 0 amide bonds. The molecule has 0 fully saturated rings. The smallest absolute Gasteiger partial charge is 0.409 e. The molecular weight excluding hydrogens is 381 g/mol. The molecule has 0 aliphatic heterocycles. The van der Waals surface area contributed by atoms with Gasteiger partial charge in [-0.25, -0.2) is 0 Å². The number of benzene rings is 2. The molecule has 145 valence electrons. The van der Waals surface area contributed by atoms with E-state index in [2.05, 4.69) is 9.47 Å². The minimum Gasteiger partial charge on any atom is -0.409 e. The molecule has 0 unspecified atom stereocenters. The monoisotopic (exact) mass is 393 g/mol.